The van der Waals surface area contributed by atoms with E-state index in [0.29, 0.717) is 0 Å². The topological polar surface area (TPSA) is 12.0 Å². The summed E-state index contributed by atoms with van der Waals surface area (Å²) in [5.74, 6) is 0.773. The van der Waals surface area contributed by atoms with Crippen LogP contribution >= 0.6 is 0 Å². The Hall–Kier alpha value is -0.560. The van der Waals surface area contributed by atoms with Gasteiger partial charge in [-0.3, -0.25) is 0 Å². The van der Waals surface area contributed by atoms with Gasteiger partial charge in [-0.1, -0.05) is 23.8 Å². The Kier molecular flexibility index (Phi) is 1.60. The molecule has 0 spiro atoms. The predicted molar refractivity (Wildman–Crippen MR) is 42.8 cm³/mol. The average molecular weight is 135 g/mol. The van der Waals surface area contributed by atoms with Crippen molar-refractivity contribution in [2.45, 2.75) is 12.8 Å². The van der Waals surface area contributed by atoms with Gasteiger partial charge in [0, 0.05) is 0 Å². The smallest absolute Gasteiger partial charge is 0.000449 e. The van der Waals surface area contributed by atoms with E-state index >= 15 is 0 Å². The maximum atomic E-state index is 3.40. The van der Waals surface area contributed by atoms with Gasteiger partial charge in [0.2, 0.25) is 0 Å². The SMILES string of the molecule is C1=CC2CCNCCC2=C1. The third kappa shape index (κ3) is 1.01. The van der Waals surface area contributed by atoms with Gasteiger partial charge < -0.3 is 5.32 Å². The number of nitrogens with one attached hydrogen (secondary N) is 1. The van der Waals surface area contributed by atoms with Gasteiger partial charge in [-0.15, -0.1) is 0 Å². The van der Waals surface area contributed by atoms with Crippen LogP contribution < -0.4 is 5.32 Å². The fourth-order valence-corrected chi connectivity index (χ4v) is 1.73. The Balaban J connectivity index is 2.11. The van der Waals surface area contributed by atoms with Crippen molar-refractivity contribution in [3.8, 4) is 0 Å². The van der Waals surface area contributed by atoms with Crippen LogP contribution in [-0.4, -0.2) is 13.1 Å². The van der Waals surface area contributed by atoms with E-state index in [1.54, 1.807) is 5.57 Å². The molecule has 1 N–H and O–H groups in total. The first-order chi connectivity index (χ1) is 4.97. The number of fused-ring (bicyclic) bond motifs is 1. The molecule has 0 aromatic rings. The molecule has 1 aliphatic heterocycles. The van der Waals surface area contributed by atoms with E-state index in [0.717, 1.165) is 5.92 Å². The lowest BCUT2D eigenvalue weighted by Crippen LogP contribution is -2.13. The van der Waals surface area contributed by atoms with Crippen LogP contribution in [0, 0.1) is 5.92 Å². The quantitative estimate of drug-likeness (QED) is 0.530. The number of hydrogen-bond donors (Lipinski definition) is 1. The summed E-state index contributed by atoms with van der Waals surface area (Å²) in [5, 5.41) is 3.40. The molecule has 10 heavy (non-hydrogen) atoms. The van der Waals surface area contributed by atoms with Crippen molar-refractivity contribution in [3.63, 3.8) is 0 Å². The van der Waals surface area contributed by atoms with Gasteiger partial charge in [0.1, 0.15) is 0 Å². The minimum atomic E-state index is 0.773. The van der Waals surface area contributed by atoms with E-state index in [2.05, 4.69) is 23.5 Å². The zero-order valence-corrected chi connectivity index (χ0v) is 6.14. The molecule has 1 heteroatoms. The zero-order valence-electron chi connectivity index (χ0n) is 6.14. The second kappa shape index (κ2) is 2.59. The largest absolute Gasteiger partial charge is 0.316 e. The van der Waals surface area contributed by atoms with Gasteiger partial charge in [0.15, 0.2) is 0 Å². The molecule has 1 fully saturated rings. The molecule has 2 rings (SSSR count). The minimum absolute atomic E-state index is 0.773. The molecule has 1 aliphatic carbocycles. The van der Waals surface area contributed by atoms with E-state index in [-0.39, 0.29) is 0 Å². The maximum Gasteiger partial charge on any atom is -0.000449 e. The van der Waals surface area contributed by atoms with Crippen molar-refractivity contribution in [1.29, 1.82) is 0 Å². The zero-order chi connectivity index (χ0) is 6.81. The van der Waals surface area contributed by atoms with Crippen molar-refractivity contribution in [1.82, 2.24) is 5.32 Å². The van der Waals surface area contributed by atoms with E-state index in [1.807, 2.05) is 0 Å². The standard InChI is InChI=1S/C9H13N/c1-2-8-4-6-10-7-5-9(8)3-1/h1-3,8,10H,4-7H2. The highest BCUT2D eigenvalue weighted by atomic mass is 14.9. The number of rotatable bonds is 0. The summed E-state index contributed by atoms with van der Waals surface area (Å²) in [7, 11) is 0. The molecule has 0 radical (unpaired) electrons. The van der Waals surface area contributed by atoms with Crippen molar-refractivity contribution in [3.05, 3.63) is 23.8 Å². The fraction of sp³-hybridized carbons (Fsp3) is 0.556. The lowest BCUT2D eigenvalue weighted by Gasteiger charge is -2.06. The molecule has 1 unspecified atom stereocenters. The predicted octanol–water partition coefficient (Wildman–Crippen LogP) is 1.48. The Morgan fingerprint density at radius 2 is 2.40 bits per heavy atom. The van der Waals surface area contributed by atoms with Gasteiger partial charge in [-0.25, -0.2) is 0 Å². The third-order valence-electron chi connectivity index (χ3n) is 2.35. The van der Waals surface area contributed by atoms with E-state index in [9.17, 15) is 0 Å². The van der Waals surface area contributed by atoms with Crippen molar-refractivity contribution in [2.24, 2.45) is 5.92 Å². The fourth-order valence-electron chi connectivity index (χ4n) is 1.73. The van der Waals surface area contributed by atoms with Gasteiger partial charge in [-0.2, -0.15) is 0 Å². The minimum Gasteiger partial charge on any atom is -0.316 e. The Morgan fingerprint density at radius 3 is 3.40 bits per heavy atom. The molecule has 1 nitrogen and oxygen atoms in total. The van der Waals surface area contributed by atoms with Crippen LogP contribution in [0.2, 0.25) is 0 Å². The first-order valence-corrected chi connectivity index (χ1v) is 4.05. The monoisotopic (exact) mass is 135 g/mol. The molecule has 1 heterocycles. The summed E-state index contributed by atoms with van der Waals surface area (Å²) in [6, 6.07) is 0. The molecule has 0 saturated carbocycles. The highest BCUT2D eigenvalue weighted by Crippen LogP contribution is 2.26. The second-order valence-corrected chi connectivity index (χ2v) is 3.02. The van der Waals surface area contributed by atoms with Crippen LogP contribution in [0.4, 0.5) is 0 Å². The van der Waals surface area contributed by atoms with Crippen molar-refractivity contribution >= 4 is 0 Å². The normalized spacial score (nSPS) is 31.2. The highest BCUT2D eigenvalue weighted by molar-refractivity contribution is 5.27. The van der Waals surface area contributed by atoms with E-state index < -0.39 is 0 Å². The molecule has 54 valence electrons. The van der Waals surface area contributed by atoms with Gasteiger partial charge in [-0.05, 0) is 31.8 Å². The molecular weight excluding hydrogens is 122 g/mol. The van der Waals surface area contributed by atoms with Crippen LogP contribution in [-0.2, 0) is 0 Å². The summed E-state index contributed by atoms with van der Waals surface area (Å²) < 4.78 is 0. The van der Waals surface area contributed by atoms with Crippen LogP contribution in [0.15, 0.2) is 23.8 Å². The van der Waals surface area contributed by atoms with E-state index in [1.165, 1.54) is 25.9 Å². The molecule has 0 aromatic heterocycles. The maximum absolute atomic E-state index is 3.40. The highest BCUT2D eigenvalue weighted by Gasteiger charge is 2.15. The van der Waals surface area contributed by atoms with E-state index in [4.69, 9.17) is 0 Å². The van der Waals surface area contributed by atoms with Gasteiger partial charge in [0.05, 0.1) is 0 Å². The second-order valence-electron chi connectivity index (χ2n) is 3.02. The van der Waals surface area contributed by atoms with Crippen LogP contribution in [0.25, 0.3) is 0 Å². The van der Waals surface area contributed by atoms with Crippen LogP contribution in [0.1, 0.15) is 12.8 Å². The molecule has 1 saturated heterocycles. The third-order valence-corrected chi connectivity index (χ3v) is 2.35. The number of hydrogen-bond acceptors (Lipinski definition) is 1. The summed E-state index contributed by atoms with van der Waals surface area (Å²) in [6.07, 6.45) is 9.34. The Bertz CT molecular complexity index is 179. The van der Waals surface area contributed by atoms with Crippen molar-refractivity contribution in [2.75, 3.05) is 13.1 Å². The first kappa shape index (κ1) is 6.17. The summed E-state index contributed by atoms with van der Waals surface area (Å²) in [5.41, 5.74) is 1.63. The summed E-state index contributed by atoms with van der Waals surface area (Å²) in [4.78, 5) is 0. The Morgan fingerprint density at radius 1 is 1.40 bits per heavy atom. The molecule has 0 aromatic carbocycles. The first-order valence-electron chi connectivity index (χ1n) is 4.05. The summed E-state index contributed by atoms with van der Waals surface area (Å²) in [6.45, 7) is 2.36. The van der Waals surface area contributed by atoms with Crippen LogP contribution in [0.5, 0.6) is 0 Å². The molecule has 0 amide bonds. The number of allylic oxidation sites excluding steroid dienone is 3. The summed E-state index contributed by atoms with van der Waals surface area (Å²) >= 11 is 0. The van der Waals surface area contributed by atoms with Crippen LogP contribution in [0.3, 0.4) is 0 Å². The Labute approximate surface area is 61.8 Å². The van der Waals surface area contributed by atoms with Gasteiger partial charge in [0.25, 0.3) is 0 Å². The van der Waals surface area contributed by atoms with Crippen molar-refractivity contribution < 1.29 is 0 Å². The molecule has 0 bridgehead atoms. The molecule has 1 atom stereocenters. The molecular formula is C9H13N. The lowest BCUT2D eigenvalue weighted by molar-refractivity contribution is 0.657. The molecule has 2 aliphatic rings. The lowest BCUT2D eigenvalue weighted by atomic mass is 9.98. The van der Waals surface area contributed by atoms with Gasteiger partial charge >= 0.3 is 0 Å². The average Bonchev–Trinajstić information content (AvgIpc) is 2.28.